The van der Waals surface area contributed by atoms with Crippen LogP contribution < -0.4 is 0 Å². The van der Waals surface area contributed by atoms with Gasteiger partial charge >= 0.3 is 184 Å². The standard InChI is InChI=1S/C6H10O3.4C4H9.2C2H4O2.O.2Sn/c1-5(2)6(8)9-4-3-7;4*1-3-4-2;2*1-2(3)4;;;/h7H,1,3-4H2,2H3;4*1,3-4H2,2H3;2*1H3,(H,3,4);;;/q;;;;;;;;;+2/p-2. The molecule has 10 heteroatoms. The summed E-state index contributed by atoms with van der Waals surface area (Å²) in [5.41, 5.74) is 0.350. The van der Waals surface area contributed by atoms with E-state index in [1.54, 1.807) is 6.92 Å². The number of hydrogen-bond acceptors (Lipinski definition) is 8. The molecule has 212 valence electrons. The predicted molar refractivity (Wildman–Crippen MR) is 148 cm³/mol. The Balaban J connectivity index is 0. The third kappa shape index (κ3) is 18.8. The molecular weight excluding hydrogens is 678 g/mol. The van der Waals surface area contributed by atoms with Gasteiger partial charge in [0, 0.05) is 5.57 Å². The van der Waals surface area contributed by atoms with Crippen molar-refractivity contribution in [2.45, 2.75) is 118 Å². The molecule has 0 aromatic carbocycles. The van der Waals surface area contributed by atoms with Crippen molar-refractivity contribution in [2.75, 3.05) is 13.2 Å². The first-order chi connectivity index (χ1) is 17.0. The molecule has 0 amide bonds. The normalized spacial score (nSPS) is 11.2. The second kappa shape index (κ2) is 22.6. The van der Waals surface area contributed by atoms with Crippen molar-refractivity contribution in [3.05, 3.63) is 12.2 Å². The van der Waals surface area contributed by atoms with Gasteiger partial charge in [-0.2, -0.15) is 0 Å². The zero-order valence-corrected chi connectivity index (χ0v) is 29.6. The average Bonchev–Trinajstić information content (AvgIpc) is 2.81. The van der Waals surface area contributed by atoms with Gasteiger partial charge in [0.25, 0.3) is 0 Å². The van der Waals surface area contributed by atoms with Gasteiger partial charge in [0.1, 0.15) is 6.61 Å². The first-order valence-corrected chi connectivity index (χ1v) is 26.2. The molecule has 0 aliphatic carbocycles. The van der Waals surface area contributed by atoms with E-state index in [0.717, 1.165) is 64.7 Å². The fraction of sp³-hybridized carbons (Fsp3) is 0.808. The summed E-state index contributed by atoms with van der Waals surface area (Å²) in [6, 6.07) is 0. The Labute approximate surface area is 229 Å². The summed E-state index contributed by atoms with van der Waals surface area (Å²) in [7, 11) is 0. The summed E-state index contributed by atoms with van der Waals surface area (Å²) < 4.78 is 27.1. The topological polar surface area (TPSA) is 108 Å². The Hall–Kier alpha value is -0.333. The number of rotatable bonds is 19. The molecule has 0 aliphatic heterocycles. The Bertz CT molecular complexity index is 602. The Morgan fingerprint density at radius 2 is 1.11 bits per heavy atom. The van der Waals surface area contributed by atoms with Crippen LogP contribution in [-0.4, -0.2) is 74.6 Å². The van der Waals surface area contributed by atoms with Gasteiger partial charge in [-0.3, -0.25) is 0 Å². The summed E-state index contributed by atoms with van der Waals surface area (Å²) in [5.74, 6) is -1.20. The van der Waals surface area contributed by atoms with Gasteiger partial charge in [-0.05, 0) is 6.92 Å². The molecule has 1 N–H and O–H groups in total. The van der Waals surface area contributed by atoms with E-state index in [1.807, 2.05) is 0 Å². The maximum atomic E-state index is 11.9. The summed E-state index contributed by atoms with van der Waals surface area (Å²) in [5, 5.41) is 8.19. The fourth-order valence-electron chi connectivity index (χ4n) is 3.66. The van der Waals surface area contributed by atoms with Crippen LogP contribution in [0.2, 0.25) is 17.7 Å². The van der Waals surface area contributed by atoms with Gasteiger partial charge in [-0.25, -0.2) is 4.79 Å². The third-order valence-electron chi connectivity index (χ3n) is 5.44. The first-order valence-electron chi connectivity index (χ1n) is 13.5. The number of ether oxygens (including phenoxy) is 1. The number of esters is 1. The van der Waals surface area contributed by atoms with E-state index < -0.39 is 44.4 Å². The van der Waals surface area contributed by atoms with Crippen LogP contribution in [-0.2, 0) is 26.7 Å². The average molecular weight is 730 g/mol. The van der Waals surface area contributed by atoms with Crippen LogP contribution >= 0.6 is 0 Å². The van der Waals surface area contributed by atoms with Crippen LogP contribution in [0.3, 0.4) is 0 Å². The Kier molecular flexibility index (Phi) is 23.8. The number of aliphatic hydroxyl groups is 1. The van der Waals surface area contributed by atoms with Crippen LogP contribution in [0, 0.1) is 0 Å². The molecule has 0 aromatic heterocycles. The van der Waals surface area contributed by atoms with Crippen molar-refractivity contribution in [1.29, 1.82) is 0 Å². The van der Waals surface area contributed by atoms with E-state index in [4.69, 9.17) is 12.7 Å². The Morgan fingerprint density at radius 3 is 1.42 bits per heavy atom. The van der Waals surface area contributed by atoms with Crippen molar-refractivity contribution < 1.29 is 31.8 Å². The van der Waals surface area contributed by atoms with Gasteiger partial charge < -0.3 is 9.84 Å². The van der Waals surface area contributed by atoms with Crippen LogP contribution in [0.5, 0.6) is 0 Å². The summed E-state index contributed by atoms with van der Waals surface area (Å²) in [6.07, 6.45) is 8.70. The van der Waals surface area contributed by atoms with Gasteiger partial charge in [0.15, 0.2) is 0 Å². The van der Waals surface area contributed by atoms with Gasteiger partial charge in [-0.15, -0.1) is 0 Å². The molecule has 8 nitrogen and oxygen atoms in total. The molecule has 0 radical (unpaired) electrons. The molecular formula is C26H52O8Sn2. The molecule has 0 aromatic rings. The van der Waals surface area contributed by atoms with Gasteiger partial charge in [0.2, 0.25) is 0 Å². The van der Waals surface area contributed by atoms with Crippen molar-refractivity contribution in [2.24, 2.45) is 0 Å². The molecule has 0 fully saturated rings. The molecule has 0 heterocycles. The van der Waals surface area contributed by atoms with E-state index in [0.29, 0.717) is 10.0 Å². The van der Waals surface area contributed by atoms with Crippen molar-refractivity contribution in [3.63, 3.8) is 0 Å². The van der Waals surface area contributed by atoms with Crippen LogP contribution in [0.15, 0.2) is 12.2 Å². The van der Waals surface area contributed by atoms with E-state index in [-0.39, 0.29) is 25.2 Å². The van der Waals surface area contributed by atoms with E-state index in [1.165, 1.54) is 13.8 Å². The minimum absolute atomic E-state index is 0.0473. The molecule has 0 bridgehead atoms. The monoisotopic (exact) mass is 732 g/mol. The summed E-state index contributed by atoms with van der Waals surface area (Å²) in [4.78, 5) is 34.3. The summed E-state index contributed by atoms with van der Waals surface area (Å²) in [6.45, 7) is 16.4. The molecule has 0 rings (SSSR count). The SMILES string of the molecule is C=C(C)C(=O)OCCO.CCC[CH2][Sn]([CH2]CCC)([CH2]CCC)[O][Sn]([CH2]CCC)([O]C(C)=O)[O]C(C)=O. The molecule has 0 atom stereocenters. The quantitative estimate of drug-likeness (QED) is 0.0937. The molecule has 0 aliphatic rings. The van der Waals surface area contributed by atoms with Gasteiger partial charge in [-0.1, -0.05) is 6.58 Å². The fourth-order valence-corrected chi connectivity index (χ4v) is 45.1. The molecule has 36 heavy (non-hydrogen) atoms. The number of carbonyl (C=O) groups excluding carboxylic acids is 3. The van der Waals surface area contributed by atoms with Crippen LogP contribution in [0.1, 0.15) is 99.8 Å². The van der Waals surface area contributed by atoms with Gasteiger partial charge in [0.05, 0.1) is 6.61 Å². The summed E-state index contributed by atoms with van der Waals surface area (Å²) >= 11 is -7.31. The number of unbranched alkanes of at least 4 members (excludes halogenated alkanes) is 4. The van der Waals surface area contributed by atoms with E-state index in [2.05, 4.69) is 39.0 Å². The Morgan fingerprint density at radius 1 is 0.722 bits per heavy atom. The third-order valence-corrected chi connectivity index (χ3v) is 38.8. The van der Waals surface area contributed by atoms with E-state index in [9.17, 15) is 14.4 Å². The molecule has 0 saturated heterocycles. The number of hydrogen-bond donors (Lipinski definition) is 1. The van der Waals surface area contributed by atoms with Crippen LogP contribution in [0.25, 0.3) is 0 Å². The van der Waals surface area contributed by atoms with Crippen molar-refractivity contribution >= 4 is 56.3 Å². The van der Waals surface area contributed by atoms with Crippen LogP contribution in [0.4, 0.5) is 0 Å². The second-order valence-corrected chi connectivity index (χ2v) is 31.2. The second-order valence-electron chi connectivity index (χ2n) is 9.21. The van der Waals surface area contributed by atoms with Crippen molar-refractivity contribution in [3.8, 4) is 0 Å². The minimum atomic E-state index is -4.26. The number of aliphatic hydroxyl groups excluding tert-OH is 1. The number of carbonyl (C=O) groups is 3. The zero-order valence-electron chi connectivity index (χ0n) is 23.9. The molecule has 0 unspecified atom stereocenters. The maximum absolute atomic E-state index is 11.9. The van der Waals surface area contributed by atoms with E-state index >= 15 is 0 Å². The molecule has 0 spiro atoms. The molecule has 0 saturated carbocycles. The predicted octanol–water partition coefficient (Wildman–Crippen LogP) is 6.31. The zero-order chi connectivity index (χ0) is 28.0. The first kappa shape index (κ1) is 37.8. The van der Waals surface area contributed by atoms with Crippen molar-refractivity contribution in [1.82, 2.24) is 0 Å².